The molecule has 0 radical (unpaired) electrons. The first-order valence-corrected chi connectivity index (χ1v) is 11.3. The van der Waals surface area contributed by atoms with Crippen LogP contribution in [0.4, 0.5) is 0 Å². The van der Waals surface area contributed by atoms with Crippen LogP contribution in [-0.4, -0.2) is 23.9 Å². The number of rotatable bonds is 10. The fraction of sp³-hybridized carbons (Fsp3) is 0.333. The molecule has 5 heteroatoms. The number of furan rings is 1. The zero-order valence-corrected chi connectivity index (χ0v) is 18.3. The highest BCUT2D eigenvalue weighted by molar-refractivity contribution is 5.80. The molecule has 0 unspecified atom stereocenters. The first-order chi connectivity index (χ1) is 15.6. The van der Waals surface area contributed by atoms with Crippen LogP contribution in [0.2, 0.25) is 0 Å². The fourth-order valence-electron chi connectivity index (χ4n) is 4.62. The quantitative estimate of drug-likeness (QED) is 0.494. The highest BCUT2D eigenvalue weighted by Gasteiger charge is 2.38. The van der Waals surface area contributed by atoms with Gasteiger partial charge in [0.1, 0.15) is 5.76 Å². The number of benzene rings is 2. The van der Waals surface area contributed by atoms with Crippen molar-refractivity contribution in [2.45, 2.75) is 50.0 Å². The van der Waals surface area contributed by atoms with Gasteiger partial charge >= 0.3 is 0 Å². The van der Waals surface area contributed by atoms with Crippen molar-refractivity contribution in [2.24, 2.45) is 0 Å². The number of hydrogen-bond donors (Lipinski definition) is 2. The molecular formula is C27H30N2O3. The van der Waals surface area contributed by atoms with Crippen LogP contribution in [0.1, 0.15) is 54.9 Å². The second kappa shape index (κ2) is 10.3. The van der Waals surface area contributed by atoms with Crippen molar-refractivity contribution in [3.8, 4) is 0 Å². The van der Waals surface area contributed by atoms with Gasteiger partial charge in [0.2, 0.25) is 11.8 Å². The largest absolute Gasteiger partial charge is 0.469 e. The predicted octanol–water partition coefficient (Wildman–Crippen LogP) is 4.59. The Morgan fingerprint density at radius 2 is 1.69 bits per heavy atom. The maximum absolute atomic E-state index is 12.6. The summed E-state index contributed by atoms with van der Waals surface area (Å²) in [4.78, 5) is 24.5. The molecule has 2 heterocycles. The summed E-state index contributed by atoms with van der Waals surface area (Å²) in [7, 11) is 0. The highest BCUT2D eigenvalue weighted by atomic mass is 16.3. The smallest absolute Gasteiger partial charge is 0.220 e. The summed E-state index contributed by atoms with van der Waals surface area (Å²) in [5.74, 6) is 1.13. The van der Waals surface area contributed by atoms with E-state index >= 15 is 0 Å². The molecule has 2 aromatic carbocycles. The van der Waals surface area contributed by atoms with Crippen molar-refractivity contribution in [3.05, 3.63) is 95.9 Å². The molecule has 166 valence electrons. The summed E-state index contributed by atoms with van der Waals surface area (Å²) in [6.07, 6.45) is 5.29. The van der Waals surface area contributed by atoms with Crippen molar-refractivity contribution in [1.29, 1.82) is 0 Å². The average molecular weight is 431 g/mol. The molecule has 0 aliphatic carbocycles. The molecule has 3 aromatic rings. The normalized spacial score (nSPS) is 18.0. The minimum atomic E-state index is -0.400. The Balaban J connectivity index is 1.32. The average Bonchev–Trinajstić information content (AvgIpc) is 3.46. The third kappa shape index (κ3) is 5.67. The number of carbonyl (C=O) groups excluding carboxylic acids is 2. The highest BCUT2D eigenvalue weighted by Crippen LogP contribution is 2.30. The second-order valence-corrected chi connectivity index (χ2v) is 8.60. The molecule has 1 aliphatic rings. The lowest BCUT2D eigenvalue weighted by molar-refractivity contribution is -0.122. The minimum Gasteiger partial charge on any atom is -0.469 e. The molecule has 2 amide bonds. The topological polar surface area (TPSA) is 71.3 Å². The van der Waals surface area contributed by atoms with Gasteiger partial charge in [0.25, 0.3) is 0 Å². The molecule has 1 saturated heterocycles. The van der Waals surface area contributed by atoms with Gasteiger partial charge in [-0.25, -0.2) is 0 Å². The van der Waals surface area contributed by atoms with Crippen LogP contribution < -0.4 is 10.6 Å². The predicted molar refractivity (Wildman–Crippen MR) is 124 cm³/mol. The van der Waals surface area contributed by atoms with Crippen LogP contribution >= 0.6 is 0 Å². The van der Waals surface area contributed by atoms with Gasteiger partial charge in [-0.05, 0) is 42.5 Å². The van der Waals surface area contributed by atoms with Crippen LogP contribution in [0.3, 0.4) is 0 Å². The molecule has 0 saturated carbocycles. The third-order valence-electron chi connectivity index (χ3n) is 6.32. The van der Waals surface area contributed by atoms with Gasteiger partial charge in [-0.15, -0.1) is 0 Å². The molecule has 1 aliphatic heterocycles. The van der Waals surface area contributed by atoms with E-state index in [0.717, 1.165) is 18.6 Å². The maximum Gasteiger partial charge on any atom is 0.220 e. The molecule has 2 N–H and O–H groups in total. The van der Waals surface area contributed by atoms with Gasteiger partial charge in [-0.2, -0.15) is 0 Å². The summed E-state index contributed by atoms with van der Waals surface area (Å²) in [6, 6.07) is 24.6. The van der Waals surface area contributed by atoms with Crippen molar-refractivity contribution in [1.82, 2.24) is 10.6 Å². The summed E-state index contributed by atoms with van der Waals surface area (Å²) < 4.78 is 5.49. The number of hydrogen-bond acceptors (Lipinski definition) is 3. The Bertz CT molecular complexity index is 962. The standard InChI is InChI=1S/C27H30N2O3/c30-25(13-16-27(17-14-26(31)29-27)20-23-12-7-19-32-23)28-18-15-24(21-8-3-1-4-9-21)22-10-5-2-6-11-22/h1-12,19,24H,13-18,20H2,(H,28,30)(H,29,31)/t27-/m0/s1. The number of carbonyl (C=O) groups is 2. The first-order valence-electron chi connectivity index (χ1n) is 11.3. The van der Waals surface area contributed by atoms with Gasteiger partial charge in [-0.1, -0.05) is 60.7 Å². The SMILES string of the molecule is O=C(CC[C@@]1(Cc2ccco2)CCC(=O)N1)NCCC(c1ccccc1)c1ccccc1. The van der Waals surface area contributed by atoms with E-state index in [2.05, 4.69) is 59.2 Å². The molecule has 1 atom stereocenters. The monoisotopic (exact) mass is 430 g/mol. The number of amides is 2. The van der Waals surface area contributed by atoms with Crippen LogP contribution in [-0.2, 0) is 16.0 Å². The maximum atomic E-state index is 12.6. The van der Waals surface area contributed by atoms with E-state index in [4.69, 9.17) is 4.42 Å². The number of nitrogens with one attached hydrogen (secondary N) is 2. The lowest BCUT2D eigenvalue weighted by Gasteiger charge is -2.28. The van der Waals surface area contributed by atoms with E-state index in [-0.39, 0.29) is 17.7 Å². The molecule has 1 fully saturated rings. The molecule has 5 nitrogen and oxygen atoms in total. The summed E-state index contributed by atoms with van der Waals surface area (Å²) >= 11 is 0. The molecule has 4 rings (SSSR count). The van der Waals surface area contributed by atoms with Crippen molar-refractivity contribution in [2.75, 3.05) is 6.54 Å². The van der Waals surface area contributed by atoms with Gasteiger partial charge in [0.05, 0.1) is 6.26 Å². The lowest BCUT2D eigenvalue weighted by Crippen LogP contribution is -2.44. The summed E-state index contributed by atoms with van der Waals surface area (Å²) in [5, 5.41) is 6.19. The molecule has 0 bridgehead atoms. The van der Waals surface area contributed by atoms with Crippen molar-refractivity contribution >= 4 is 11.8 Å². The minimum absolute atomic E-state index is 0.0184. The molecule has 1 aromatic heterocycles. The molecule has 0 spiro atoms. The Kier molecular flexibility index (Phi) is 7.05. The lowest BCUT2D eigenvalue weighted by atomic mass is 9.87. The zero-order valence-electron chi connectivity index (χ0n) is 18.3. The van der Waals surface area contributed by atoms with Crippen molar-refractivity contribution < 1.29 is 14.0 Å². The van der Waals surface area contributed by atoms with Gasteiger partial charge < -0.3 is 15.1 Å². The van der Waals surface area contributed by atoms with Crippen LogP contribution in [0.15, 0.2) is 83.5 Å². The Hall–Kier alpha value is -3.34. The van der Waals surface area contributed by atoms with E-state index < -0.39 is 5.54 Å². The Morgan fingerprint density at radius 3 is 2.25 bits per heavy atom. The molecular weight excluding hydrogens is 400 g/mol. The van der Waals surface area contributed by atoms with Gasteiger partial charge in [0.15, 0.2) is 0 Å². The van der Waals surface area contributed by atoms with Crippen LogP contribution in [0, 0.1) is 0 Å². The van der Waals surface area contributed by atoms with Gasteiger partial charge in [0, 0.05) is 37.3 Å². The Morgan fingerprint density at radius 1 is 1.00 bits per heavy atom. The van der Waals surface area contributed by atoms with E-state index in [9.17, 15) is 9.59 Å². The van der Waals surface area contributed by atoms with Crippen LogP contribution in [0.25, 0.3) is 0 Å². The van der Waals surface area contributed by atoms with Gasteiger partial charge in [-0.3, -0.25) is 9.59 Å². The van der Waals surface area contributed by atoms with E-state index in [1.807, 2.05) is 24.3 Å². The summed E-state index contributed by atoms with van der Waals surface area (Å²) in [5.41, 5.74) is 2.10. The van der Waals surface area contributed by atoms with Crippen LogP contribution in [0.5, 0.6) is 0 Å². The van der Waals surface area contributed by atoms with E-state index in [1.165, 1.54) is 11.1 Å². The van der Waals surface area contributed by atoms with E-state index in [0.29, 0.717) is 32.2 Å². The molecule has 32 heavy (non-hydrogen) atoms. The van der Waals surface area contributed by atoms with E-state index in [1.54, 1.807) is 6.26 Å². The first kappa shape index (κ1) is 21.9. The fourth-order valence-corrected chi connectivity index (χ4v) is 4.62. The zero-order chi connectivity index (χ0) is 22.2. The summed E-state index contributed by atoms with van der Waals surface area (Å²) in [6.45, 7) is 0.602. The second-order valence-electron chi connectivity index (χ2n) is 8.60. The third-order valence-corrected chi connectivity index (χ3v) is 6.32. The van der Waals surface area contributed by atoms with Crippen molar-refractivity contribution in [3.63, 3.8) is 0 Å². The Labute approximate surface area is 189 Å².